The Hall–Kier alpha value is -1.55. The number of hydrogen-bond donors (Lipinski definition) is 2. The Labute approximate surface area is 114 Å². The largest absolute Gasteiger partial charge is 0.490 e. The first kappa shape index (κ1) is 13.9. The first-order valence-electron chi connectivity index (χ1n) is 6.95. The highest BCUT2D eigenvalue weighted by Crippen LogP contribution is 2.26. The summed E-state index contributed by atoms with van der Waals surface area (Å²) in [7, 11) is 1.76. The van der Waals surface area contributed by atoms with Crippen LogP contribution < -0.4 is 15.4 Å². The van der Waals surface area contributed by atoms with Crippen molar-refractivity contribution < 1.29 is 9.53 Å². The van der Waals surface area contributed by atoms with Crippen LogP contribution in [0.5, 0.6) is 5.75 Å². The maximum Gasteiger partial charge on any atom is 0.234 e. The van der Waals surface area contributed by atoms with Gasteiger partial charge in [0.15, 0.2) is 0 Å². The van der Waals surface area contributed by atoms with E-state index in [9.17, 15) is 4.79 Å². The standard InChI is InChI=1S/C15H22N2O2/c1-16-11-15(18)17-10-12-6-2-5-9-14(12)19-13-7-3-4-8-13/h2,5-6,9,13,16H,3-4,7-8,10-11H2,1H3,(H,17,18). The third-order valence-electron chi connectivity index (χ3n) is 3.38. The Morgan fingerprint density at radius 3 is 2.79 bits per heavy atom. The Morgan fingerprint density at radius 1 is 1.32 bits per heavy atom. The van der Waals surface area contributed by atoms with Gasteiger partial charge in [-0.2, -0.15) is 0 Å². The van der Waals surface area contributed by atoms with Crippen molar-refractivity contribution in [3.63, 3.8) is 0 Å². The summed E-state index contributed by atoms with van der Waals surface area (Å²) >= 11 is 0. The molecule has 4 heteroatoms. The highest BCUT2D eigenvalue weighted by Gasteiger charge is 2.17. The lowest BCUT2D eigenvalue weighted by atomic mass is 10.2. The van der Waals surface area contributed by atoms with Gasteiger partial charge in [-0.15, -0.1) is 0 Å². The quantitative estimate of drug-likeness (QED) is 0.822. The van der Waals surface area contributed by atoms with Crippen molar-refractivity contribution in [1.82, 2.24) is 10.6 Å². The Balaban J connectivity index is 1.93. The molecule has 1 fully saturated rings. The van der Waals surface area contributed by atoms with Gasteiger partial charge in [-0.25, -0.2) is 0 Å². The number of para-hydroxylation sites is 1. The molecule has 1 aliphatic rings. The number of rotatable bonds is 6. The monoisotopic (exact) mass is 262 g/mol. The second-order valence-corrected chi connectivity index (χ2v) is 4.94. The van der Waals surface area contributed by atoms with E-state index in [4.69, 9.17) is 4.74 Å². The number of hydrogen-bond acceptors (Lipinski definition) is 3. The number of carbonyl (C=O) groups excluding carboxylic acids is 1. The van der Waals surface area contributed by atoms with E-state index in [1.807, 2.05) is 24.3 Å². The summed E-state index contributed by atoms with van der Waals surface area (Å²) in [5.41, 5.74) is 1.04. The molecule has 0 aliphatic heterocycles. The van der Waals surface area contributed by atoms with Gasteiger partial charge in [-0.1, -0.05) is 18.2 Å². The number of benzene rings is 1. The number of carbonyl (C=O) groups is 1. The van der Waals surface area contributed by atoms with Gasteiger partial charge in [0.05, 0.1) is 12.6 Å². The normalized spacial score (nSPS) is 15.4. The molecular formula is C15H22N2O2. The van der Waals surface area contributed by atoms with Crippen molar-refractivity contribution in [2.75, 3.05) is 13.6 Å². The first-order valence-corrected chi connectivity index (χ1v) is 6.95. The van der Waals surface area contributed by atoms with Crippen LogP contribution in [0.1, 0.15) is 31.2 Å². The predicted octanol–water partition coefficient (Wildman–Crippen LogP) is 1.84. The van der Waals surface area contributed by atoms with Crippen molar-refractivity contribution >= 4 is 5.91 Å². The van der Waals surface area contributed by atoms with Crippen molar-refractivity contribution in [2.24, 2.45) is 0 Å². The van der Waals surface area contributed by atoms with E-state index in [0.29, 0.717) is 19.2 Å². The van der Waals surface area contributed by atoms with Gasteiger partial charge in [0.25, 0.3) is 0 Å². The zero-order chi connectivity index (χ0) is 13.5. The minimum Gasteiger partial charge on any atom is -0.490 e. The van der Waals surface area contributed by atoms with E-state index in [1.165, 1.54) is 12.8 Å². The molecule has 1 saturated carbocycles. The van der Waals surface area contributed by atoms with Gasteiger partial charge in [-0.05, 0) is 38.8 Å². The van der Waals surface area contributed by atoms with Crippen LogP contribution in [-0.4, -0.2) is 25.6 Å². The summed E-state index contributed by atoms with van der Waals surface area (Å²) in [5.74, 6) is 0.900. The highest BCUT2D eigenvalue weighted by molar-refractivity contribution is 5.77. The zero-order valence-corrected chi connectivity index (χ0v) is 11.4. The number of ether oxygens (including phenoxy) is 1. The molecule has 0 radical (unpaired) electrons. The molecule has 4 nitrogen and oxygen atoms in total. The summed E-state index contributed by atoms with van der Waals surface area (Å²) in [5, 5.41) is 5.72. The SMILES string of the molecule is CNCC(=O)NCc1ccccc1OC1CCCC1. The van der Waals surface area contributed by atoms with Crippen LogP contribution in [0.4, 0.5) is 0 Å². The zero-order valence-electron chi connectivity index (χ0n) is 11.4. The molecule has 0 saturated heterocycles. The van der Waals surface area contributed by atoms with Crippen LogP contribution in [0.25, 0.3) is 0 Å². The van der Waals surface area contributed by atoms with Gasteiger partial charge in [0, 0.05) is 12.1 Å². The molecular weight excluding hydrogens is 240 g/mol. The van der Waals surface area contributed by atoms with Crippen molar-refractivity contribution in [3.8, 4) is 5.75 Å². The first-order chi connectivity index (χ1) is 9.29. The minimum atomic E-state index is -0.00169. The minimum absolute atomic E-state index is 0.00169. The predicted molar refractivity (Wildman–Crippen MR) is 75.1 cm³/mol. The van der Waals surface area contributed by atoms with Crippen LogP contribution in [0, 0.1) is 0 Å². The molecule has 1 aromatic carbocycles. The van der Waals surface area contributed by atoms with Crippen LogP contribution in [0.2, 0.25) is 0 Å². The van der Waals surface area contributed by atoms with E-state index in [2.05, 4.69) is 10.6 Å². The Morgan fingerprint density at radius 2 is 2.05 bits per heavy atom. The molecule has 2 rings (SSSR count). The van der Waals surface area contributed by atoms with Crippen molar-refractivity contribution in [2.45, 2.75) is 38.3 Å². The smallest absolute Gasteiger partial charge is 0.234 e. The van der Waals surface area contributed by atoms with E-state index in [-0.39, 0.29) is 5.91 Å². The maximum absolute atomic E-state index is 11.5. The van der Waals surface area contributed by atoms with E-state index < -0.39 is 0 Å². The molecule has 2 N–H and O–H groups in total. The Kier molecular flexibility index (Phi) is 5.21. The number of likely N-dealkylation sites (N-methyl/N-ethyl adjacent to an activating group) is 1. The molecule has 1 amide bonds. The fraction of sp³-hybridized carbons (Fsp3) is 0.533. The molecule has 0 aromatic heterocycles. The number of nitrogens with one attached hydrogen (secondary N) is 2. The van der Waals surface area contributed by atoms with Gasteiger partial charge >= 0.3 is 0 Å². The van der Waals surface area contributed by atoms with E-state index >= 15 is 0 Å². The maximum atomic E-state index is 11.5. The van der Waals surface area contributed by atoms with Crippen molar-refractivity contribution in [3.05, 3.63) is 29.8 Å². The Bertz CT molecular complexity index is 414. The topological polar surface area (TPSA) is 50.4 Å². The lowest BCUT2D eigenvalue weighted by Gasteiger charge is -2.16. The lowest BCUT2D eigenvalue weighted by molar-refractivity contribution is -0.120. The molecule has 104 valence electrons. The summed E-state index contributed by atoms with van der Waals surface area (Å²) < 4.78 is 6.03. The van der Waals surface area contributed by atoms with Crippen LogP contribution in [-0.2, 0) is 11.3 Å². The summed E-state index contributed by atoms with van der Waals surface area (Å²) in [6.45, 7) is 0.856. The third-order valence-corrected chi connectivity index (χ3v) is 3.38. The second-order valence-electron chi connectivity index (χ2n) is 4.94. The van der Waals surface area contributed by atoms with Crippen LogP contribution in [0.15, 0.2) is 24.3 Å². The van der Waals surface area contributed by atoms with Crippen molar-refractivity contribution in [1.29, 1.82) is 0 Å². The summed E-state index contributed by atoms with van der Waals surface area (Å²) in [6.07, 6.45) is 5.13. The number of amides is 1. The molecule has 0 unspecified atom stereocenters. The average molecular weight is 262 g/mol. The molecule has 1 aliphatic carbocycles. The molecule has 0 bridgehead atoms. The van der Waals surface area contributed by atoms with E-state index in [1.54, 1.807) is 7.05 Å². The van der Waals surface area contributed by atoms with Gasteiger partial charge in [-0.3, -0.25) is 4.79 Å². The van der Waals surface area contributed by atoms with Gasteiger partial charge in [0.1, 0.15) is 5.75 Å². The summed E-state index contributed by atoms with van der Waals surface area (Å²) in [4.78, 5) is 11.5. The van der Waals surface area contributed by atoms with Gasteiger partial charge < -0.3 is 15.4 Å². The second kappa shape index (κ2) is 7.14. The van der Waals surface area contributed by atoms with Crippen LogP contribution in [0.3, 0.4) is 0 Å². The highest BCUT2D eigenvalue weighted by atomic mass is 16.5. The molecule has 19 heavy (non-hydrogen) atoms. The fourth-order valence-electron chi connectivity index (χ4n) is 2.37. The fourth-order valence-corrected chi connectivity index (χ4v) is 2.37. The lowest BCUT2D eigenvalue weighted by Crippen LogP contribution is -2.31. The van der Waals surface area contributed by atoms with E-state index in [0.717, 1.165) is 24.2 Å². The van der Waals surface area contributed by atoms with Crippen LogP contribution >= 0.6 is 0 Å². The molecule has 0 spiro atoms. The molecule has 0 heterocycles. The molecule has 0 atom stereocenters. The third kappa shape index (κ3) is 4.24. The van der Waals surface area contributed by atoms with Gasteiger partial charge in [0.2, 0.25) is 5.91 Å². The average Bonchev–Trinajstić information content (AvgIpc) is 2.91. The molecule has 1 aromatic rings. The summed E-state index contributed by atoms with van der Waals surface area (Å²) in [6, 6.07) is 7.94.